The number of rotatable bonds is 3. The highest BCUT2D eigenvalue weighted by molar-refractivity contribution is 5.97. The molecule has 132 valence electrons. The van der Waals surface area contributed by atoms with Gasteiger partial charge in [0.2, 0.25) is 0 Å². The van der Waals surface area contributed by atoms with Gasteiger partial charge in [0.15, 0.2) is 0 Å². The van der Waals surface area contributed by atoms with Gasteiger partial charge in [0.05, 0.1) is 18.5 Å². The van der Waals surface area contributed by atoms with Gasteiger partial charge in [-0.25, -0.2) is 4.98 Å². The second-order valence-corrected chi connectivity index (χ2v) is 7.54. The number of H-pyrrole nitrogens is 2. The van der Waals surface area contributed by atoms with E-state index in [1.54, 1.807) is 7.11 Å². The third-order valence-corrected chi connectivity index (χ3v) is 4.64. The summed E-state index contributed by atoms with van der Waals surface area (Å²) in [6.45, 7) is 6.51. The third-order valence-electron chi connectivity index (χ3n) is 4.64. The van der Waals surface area contributed by atoms with Crippen LogP contribution in [0.1, 0.15) is 26.6 Å². The Morgan fingerprint density at radius 2 is 1.69 bits per heavy atom. The molecule has 2 aromatic carbocycles. The fraction of sp³-hybridized carbons (Fsp3) is 0.227. The molecule has 0 aliphatic rings. The largest absolute Gasteiger partial charge is 0.497 e. The van der Waals surface area contributed by atoms with E-state index in [1.807, 2.05) is 18.2 Å². The van der Waals surface area contributed by atoms with Gasteiger partial charge in [-0.05, 0) is 30.3 Å². The maximum atomic E-state index is 5.29. The van der Waals surface area contributed by atoms with Gasteiger partial charge in [-0.3, -0.25) is 0 Å². The molecule has 0 spiro atoms. The molecular formula is C22H23N3O. The summed E-state index contributed by atoms with van der Waals surface area (Å²) in [4.78, 5) is 11.9. The Bertz CT molecular complexity index is 1050. The van der Waals surface area contributed by atoms with Crippen LogP contribution in [0.15, 0.2) is 54.7 Å². The van der Waals surface area contributed by atoms with Gasteiger partial charge < -0.3 is 14.7 Å². The average Bonchev–Trinajstić information content (AvgIpc) is 3.25. The smallest absolute Gasteiger partial charge is 0.118 e. The Hall–Kier alpha value is -3.01. The number of methoxy groups -OCH3 is 1. The van der Waals surface area contributed by atoms with E-state index in [9.17, 15) is 0 Å². The number of para-hydroxylation sites is 1. The summed E-state index contributed by atoms with van der Waals surface area (Å²) < 4.78 is 5.29. The highest BCUT2D eigenvalue weighted by atomic mass is 16.5. The molecule has 0 saturated heterocycles. The normalized spacial score (nSPS) is 11.8. The van der Waals surface area contributed by atoms with Crippen LogP contribution in [0.2, 0.25) is 0 Å². The van der Waals surface area contributed by atoms with E-state index in [-0.39, 0.29) is 5.41 Å². The Morgan fingerprint density at radius 1 is 0.962 bits per heavy atom. The highest BCUT2D eigenvalue weighted by Crippen LogP contribution is 2.37. The first kappa shape index (κ1) is 16.5. The minimum Gasteiger partial charge on any atom is -0.497 e. The van der Waals surface area contributed by atoms with Crippen molar-refractivity contribution in [1.29, 1.82) is 0 Å². The summed E-state index contributed by atoms with van der Waals surface area (Å²) in [5, 5.41) is 1.19. The minimum absolute atomic E-state index is 0.0639. The van der Waals surface area contributed by atoms with Crippen LogP contribution in [0.5, 0.6) is 5.75 Å². The molecule has 0 aliphatic carbocycles. The molecule has 0 atom stereocenters. The Balaban J connectivity index is 1.94. The molecule has 2 N–H and O–H groups in total. The van der Waals surface area contributed by atoms with Crippen molar-refractivity contribution in [3.05, 3.63) is 60.6 Å². The molecule has 0 saturated carbocycles. The lowest BCUT2D eigenvalue weighted by atomic mass is 9.96. The Morgan fingerprint density at radius 3 is 2.38 bits per heavy atom. The molecule has 4 heteroatoms. The van der Waals surface area contributed by atoms with E-state index in [0.29, 0.717) is 0 Å². The second-order valence-electron chi connectivity index (χ2n) is 7.54. The van der Waals surface area contributed by atoms with Crippen LogP contribution in [0.25, 0.3) is 33.4 Å². The van der Waals surface area contributed by atoms with E-state index in [4.69, 9.17) is 9.72 Å². The SMILES string of the molecule is COc1ccc(-c2nc(C(C)(C)C)[nH]c2-c2c[nH]c3ccccc23)cc1. The van der Waals surface area contributed by atoms with E-state index in [1.165, 1.54) is 5.39 Å². The van der Waals surface area contributed by atoms with E-state index >= 15 is 0 Å². The minimum atomic E-state index is -0.0639. The van der Waals surface area contributed by atoms with Crippen molar-refractivity contribution in [3.63, 3.8) is 0 Å². The molecule has 2 aromatic heterocycles. The average molecular weight is 345 g/mol. The summed E-state index contributed by atoms with van der Waals surface area (Å²) in [5.41, 5.74) is 5.26. The van der Waals surface area contributed by atoms with Gasteiger partial charge in [0, 0.05) is 33.6 Å². The predicted molar refractivity (Wildman–Crippen MR) is 107 cm³/mol. The van der Waals surface area contributed by atoms with Gasteiger partial charge in [-0.15, -0.1) is 0 Å². The molecule has 0 unspecified atom stereocenters. The molecular weight excluding hydrogens is 322 g/mol. The van der Waals surface area contributed by atoms with Crippen LogP contribution in [0.3, 0.4) is 0 Å². The van der Waals surface area contributed by atoms with Crippen molar-refractivity contribution >= 4 is 10.9 Å². The third kappa shape index (κ3) is 2.77. The standard InChI is InChI=1S/C22H23N3O/c1-22(2,3)21-24-19(14-9-11-15(26-4)12-10-14)20(25-21)17-13-23-18-8-6-5-7-16(17)18/h5-13,23H,1-4H3,(H,24,25). The molecule has 4 nitrogen and oxygen atoms in total. The molecule has 4 aromatic rings. The summed E-state index contributed by atoms with van der Waals surface area (Å²) in [7, 11) is 1.68. The maximum Gasteiger partial charge on any atom is 0.118 e. The number of imidazole rings is 1. The fourth-order valence-electron chi connectivity index (χ4n) is 3.16. The summed E-state index contributed by atoms with van der Waals surface area (Å²) in [6, 6.07) is 16.4. The monoisotopic (exact) mass is 345 g/mol. The number of ether oxygens (including phenoxy) is 1. The topological polar surface area (TPSA) is 53.7 Å². The van der Waals surface area contributed by atoms with Crippen LogP contribution in [-0.2, 0) is 5.41 Å². The second kappa shape index (κ2) is 6.06. The van der Waals surface area contributed by atoms with Crippen molar-refractivity contribution in [3.8, 4) is 28.3 Å². The van der Waals surface area contributed by atoms with Crippen LogP contribution in [0.4, 0.5) is 0 Å². The number of hydrogen-bond donors (Lipinski definition) is 2. The van der Waals surface area contributed by atoms with Gasteiger partial charge in [-0.1, -0.05) is 39.0 Å². The molecule has 0 aliphatic heterocycles. The zero-order valence-corrected chi connectivity index (χ0v) is 15.6. The van der Waals surface area contributed by atoms with Gasteiger partial charge >= 0.3 is 0 Å². The van der Waals surface area contributed by atoms with Crippen molar-refractivity contribution < 1.29 is 4.74 Å². The molecule has 4 rings (SSSR count). The molecule has 2 heterocycles. The van der Waals surface area contributed by atoms with Crippen molar-refractivity contribution in [2.75, 3.05) is 7.11 Å². The van der Waals surface area contributed by atoms with Crippen molar-refractivity contribution in [2.24, 2.45) is 0 Å². The first-order chi connectivity index (χ1) is 12.5. The Labute approximate surface area is 153 Å². The quantitative estimate of drug-likeness (QED) is 0.513. The number of nitrogens with zero attached hydrogens (tertiary/aromatic N) is 1. The van der Waals surface area contributed by atoms with Crippen LogP contribution >= 0.6 is 0 Å². The van der Waals surface area contributed by atoms with E-state index in [0.717, 1.165) is 39.6 Å². The van der Waals surface area contributed by atoms with Gasteiger partial charge in [0.25, 0.3) is 0 Å². The van der Waals surface area contributed by atoms with Gasteiger partial charge in [-0.2, -0.15) is 0 Å². The summed E-state index contributed by atoms with van der Waals surface area (Å²) in [6.07, 6.45) is 2.05. The first-order valence-corrected chi connectivity index (χ1v) is 8.79. The van der Waals surface area contributed by atoms with Gasteiger partial charge in [0.1, 0.15) is 11.6 Å². The van der Waals surface area contributed by atoms with Crippen LogP contribution in [0, 0.1) is 0 Å². The molecule has 0 bridgehead atoms. The maximum absolute atomic E-state index is 5.29. The first-order valence-electron chi connectivity index (χ1n) is 8.79. The van der Waals surface area contributed by atoms with E-state index in [2.05, 4.69) is 67.3 Å². The Kier molecular flexibility index (Phi) is 3.83. The number of aromatic nitrogens is 3. The number of aromatic amines is 2. The summed E-state index contributed by atoms with van der Waals surface area (Å²) in [5.74, 6) is 1.82. The van der Waals surface area contributed by atoms with Crippen LogP contribution in [-0.4, -0.2) is 22.1 Å². The predicted octanol–water partition coefficient (Wildman–Crippen LogP) is 5.53. The molecule has 0 fully saturated rings. The number of benzene rings is 2. The fourth-order valence-corrected chi connectivity index (χ4v) is 3.16. The lowest BCUT2D eigenvalue weighted by Gasteiger charge is -2.14. The highest BCUT2D eigenvalue weighted by Gasteiger charge is 2.23. The van der Waals surface area contributed by atoms with Crippen LogP contribution < -0.4 is 4.74 Å². The molecule has 0 radical (unpaired) electrons. The molecule has 0 amide bonds. The summed E-state index contributed by atoms with van der Waals surface area (Å²) >= 11 is 0. The lowest BCUT2D eigenvalue weighted by Crippen LogP contribution is -2.13. The van der Waals surface area contributed by atoms with Crippen molar-refractivity contribution in [1.82, 2.24) is 15.0 Å². The zero-order chi connectivity index (χ0) is 18.3. The number of nitrogens with one attached hydrogen (secondary N) is 2. The van der Waals surface area contributed by atoms with Crippen molar-refractivity contribution in [2.45, 2.75) is 26.2 Å². The van der Waals surface area contributed by atoms with E-state index < -0.39 is 0 Å². The zero-order valence-electron chi connectivity index (χ0n) is 15.6. The number of hydrogen-bond acceptors (Lipinski definition) is 2. The number of fused-ring (bicyclic) bond motifs is 1. The lowest BCUT2D eigenvalue weighted by molar-refractivity contribution is 0.415. The molecule has 26 heavy (non-hydrogen) atoms.